The van der Waals surface area contributed by atoms with E-state index < -0.39 is 23.5 Å². The van der Waals surface area contributed by atoms with E-state index >= 15 is 0 Å². The number of fused-ring (bicyclic) bond motifs is 1. The molecule has 1 fully saturated rings. The second-order valence-electron chi connectivity index (χ2n) is 21.6. The van der Waals surface area contributed by atoms with Crippen LogP contribution in [-0.4, -0.2) is 121 Å². The maximum Gasteiger partial charge on any atom is 0.326 e. The normalized spacial score (nSPS) is 15.2. The number of carbonyl (C=O) groups excluding carboxylic acids is 5. The molecule has 5 aromatic rings. The summed E-state index contributed by atoms with van der Waals surface area (Å²) in [5.74, 6) is -0.562. The highest BCUT2D eigenvalue weighted by Gasteiger charge is 2.45. The molecule has 410 valence electrons. The molecule has 78 heavy (non-hydrogen) atoms. The molecule has 20 heteroatoms. The van der Waals surface area contributed by atoms with Crippen molar-refractivity contribution >= 4 is 47.1 Å². The lowest BCUT2D eigenvalue weighted by Crippen LogP contribution is -2.56. The van der Waals surface area contributed by atoms with Gasteiger partial charge < -0.3 is 40.5 Å². The number of aromatic nitrogens is 5. The van der Waals surface area contributed by atoms with Crippen molar-refractivity contribution in [2.24, 2.45) is 5.41 Å². The van der Waals surface area contributed by atoms with Gasteiger partial charge in [0.1, 0.15) is 29.4 Å². The maximum absolute atomic E-state index is 13.4. The Morgan fingerprint density at radius 2 is 1.60 bits per heavy atom. The topological polar surface area (TPSA) is 266 Å². The van der Waals surface area contributed by atoms with Crippen LogP contribution in [0.3, 0.4) is 0 Å². The molecule has 4 N–H and O–H groups in total. The van der Waals surface area contributed by atoms with Gasteiger partial charge in [0, 0.05) is 92.7 Å². The largest absolute Gasteiger partial charge is 0.480 e. The first kappa shape index (κ1) is 57.4. The first-order valence-corrected chi connectivity index (χ1v) is 26.7. The van der Waals surface area contributed by atoms with Crippen LogP contribution in [0, 0.1) is 16.7 Å². The van der Waals surface area contributed by atoms with Crippen LogP contribution in [0.15, 0.2) is 85.5 Å². The fourth-order valence-corrected chi connectivity index (χ4v) is 9.38. The number of carboxylic acid groups (broad SMARTS) is 1. The van der Waals surface area contributed by atoms with Crippen LogP contribution in [0.2, 0.25) is 0 Å². The Morgan fingerprint density at radius 3 is 2.29 bits per heavy atom. The number of rotatable bonds is 24. The zero-order valence-electron chi connectivity index (χ0n) is 45.4. The number of carbonyl (C=O) groups is 6. The van der Waals surface area contributed by atoms with E-state index in [0.717, 1.165) is 44.9 Å². The Balaban J connectivity index is 0.740. The summed E-state index contributed by atoms with van der Waals surface area (Å²) in [7, 11) is 0. The van der Waals surface area contributed by atoms with Crippen LogP contribution in [0.25, 0.3) is 11.3 Å². The van der Waals surface area contributed by atoms with Crippen molar-refractivity contribution in [2.75, 3.05) is 42.5 Å². The molecule has 4 aromatic heterocycles. The van der Waals surface area contributed by atoms with Crippen molar-refractivity contribution in [3.05, 3.63) is 113 Å². The molecule has 1 aromatic carbocycles. The zero-order chi connectivity index (χ0) is 56.0. The Morgan fingerprint density at radius 1 is 0.859 bits per heavy atom. The third-order valence-corrected chi connectivity index (χ3v) is 14.0. The minimum atomic E-state index is -1.10. The molecule has 4 amide bonds. The van der Waals surface area contributed by atoms with Gasteiger partial charge in [-0.15, -0.1) is 0 Å². The van der Waals surface area contributed by atoms with Gasteiger partial charge in [-0.3, -0.25) is 24.0 Å². The molecule has 6 heterocycles. The van der Waals surface area contributed by atoms with Crippen LogP contribution in [-0.2, 0) is 20.9 Å². The maximum atomic E-state index is 13.4. The van der Waals surface area contributed by atoms with Crippen LogP contribution in [0.4, 0.5) is 11.8 Å². The van der Waals surface area contributed by atoms with Gasteiger partial charge in [0.2, 0.25) is 23.6 Å². The number of hydrogen-bond acceptors (Lipinski definition) is 15. The van der Waals surface area contributed by atoms with Crippen molar-refractivity contribution in [3.8, 4) is 29.0 Å². The van der Waals surface area contributed by atoms with Crippen molar-refractivity contribution in [2.45, 2.75) is 130 Å². The number of anilines is 2. The van der Waals surface area contributed by atoms with E-state index in [9.17, 15) is 39.1 Å². The molecule has 7 rings (SSSR count). The van der Waals surface area contributed by atoms with Crippen LogP contribution in [0.5, 0.6) is 11.6 Å². The third-order valence-electron chi connectivity index (χ3n) is 14.0. The average molecular weight is 1060 g/mol. The number of Topliss-reactive ketones (excluding diaryl/α,β-unsaturated/α-hetero) is 1. The number of nitrogens with one attached hydrogen (secondary N) is 3. The minimum Gasteiger partial charge on any atom is -0.480 e. The second kappa shape index (κ2) is 26.1. The fraction of sp³-hybridized carbons (Fsp3) is 0.448. The van der Waals surface area contributed by atoms with Gasteiger partial charge in [-0.05, 0) is 94.3 Å². The highest BCUT2D eigenvalue weighted by molar-refractivity contribution is 6.13. The van der Waals surface area contributed by atoms with E-state index in [2.05, 4.69) is 42.0 Å². The first-order chi connectivity index (χ1) is 37.3. The SMILES string of the molecule is C[C@@H]1CN(c2ncc(-c3ccc4c(n3)N(Cc3cccnc3C#N)C(C)(C)C4=O)cn2)CCN1C(=O)CNC(=O)CCCCCCCCCNC(=O)c1cccc(Oc2ccc(C(=O)N[C@@H](CCC(C)(C)C)C(=O)O)cn2)c1. The third kappa shape index (κ3) is 15.2. The Hall–Kier alpha value is -8.34. The highest BCUT2D eigenvalue weighted by Crippen LogP contribution is 2.40. The molecule has 0 saturated carbocycles. The lowest BCUT2D eigenvalue weighted by atomic mass is 9.88. The molecule has 0 aliphatic carbocycles. The number of ether oxygens (including phenoxy) is 1. The Kier molecular flexibility index (Phi) is 19.2. The van der Waals surface area contributed by atoms with E-state index in [1.807, 2.05) is 57.4 Å². The van der Waals surface area contributed by atoms with Gasteiger partial charge in [0.05, 0.1) is 28.9 Å². The molecule has 0 spiro atoms. The van der Waals surface area contributed by atoms with Crippen molar-refractivity contribution in [1.29, 1.82) is 5.26 Å². The van der Waals surface area contributed by atoms with Crippen molar-refractivity contribution in [3.63, 3.8) is 0 Å². The predicted molar refractivity (Wildman–Crippen MR) is 293 cm³/mol. The number of nitriles is 1. The minimum absolute atomic E-state index is 0.0559. The molecular formula is C58H70N12O8. The molecule has 20 nitrogen and oxygen atoms in total. The van der Waals surface area contributed by atoms with Crippen LogP contribution < -0.4 is 30.5 Å². The number of piperazine rings is 1. The quantitative estimate of drug-likeness (QED) is 0.0432. The molecular weight excluding hydrogens is 993 g/mol. The molecule has 0 radical (unpaired) electrons. The van der Waals surface area contributed by atoms with Crippen LogP contribution in [0.1, 0.15) is 148 Å². The summed E-state index contributed by atoms with van der Waals surface area (Å²) in [5, 5.41) is 27.5. The zero-order valence-corrected chi connectivity index (χ0v) is 45.4. The van der Waals surface area contributed by atoms with Gasteiger partial charge in [0.25, 0.3) is 11.8 Å². The number of pyridine rings is 3. The average Bonchev–Trinajstić information content (AvgIpc) is 3.66. The van der Waals surface area contributed by atoms with Crippen LogP contribution >= 0.6 is 0 Å². The van der Waals surface area contributed by atoms with E-state index in [-0.39, 0.29) is 59.5 Å². The van der Waals surface area contributed by atoms with E-state index in [1.165, 1.54) is 18.3 Å². The molecule has 2 atom stereocenters. The molecule has 1 saturated heterocycles. The highest BCUT2D eigenvalue weighted by atomic mass is 16.5. The lowest BCUT2D eigenvalue weighted by molar-refractivity contribution is -0.139. The summed E-state index contributed by atoms with van der Waals surface area (Å²) in [6.45, 7) is 13.9. The van der Waals surface area contributed by atoms with E-state index in [4.69, 9.17) is 9.72 Å². The standard InChI is InChI=1S/C58H70N12O8/c1-38-36-68(56-64-33-42(34-65-56)45-22-21-44-51(73)58(5,6)70(52(44)66-45)37-41-17-15-27-60-47(41)31-59)28-29-69(38)50(72)35-62-48(71)19-12-10-8-7-9-11-13-26-61-53(74)39-16-14-18-43(30-39)78-49-23-20-40(32-63-49)54(75)67-46(55(76)77)24-25-57(2,3)4/h14-18,20-23,27,30,32-34,38,46H,7-13,19,24-26,28-29,35-37H2,1-6H3,(H,61,74)(H,62,71)(H,67,75)(H,76,77)/t38-,46+/m1/s1. The van der Waals surface area contributed by atoms with Gasteiger partial charge in [-0.2, -0.15) is 5.26 Å². The monoisotopic (exact) mass is 1060 g/mol. The second-order valence-corrected chi connectivity index (χ2v) is 21.6. The summed E-state index contributed by atoms with van der Waals surface area (Å²) in [5.41, 5.74) is 2.45. The van der Waals surface area contributed by atoms with Gasteiger partial charge in [-0.1, -0.05) is 65.0 Å². The Bertz CT molecular complexity index is 2990. The molecule has 0 unspecified atom stereocenters. The van der Waals surface area contributed by atoms with E-state index in [0.29, 0.717) is 96.6 Å². The molecule has 0 bridgehead atoms. The number of hydrogen-bond donors (Lipinski definition) is 4. The molecule has 2 aliphatic rings. The Labute approximate surface area is 455 Å². The number of benzene rings is 1. The number of amides is 4. The first-order valence-electron chi connectivity index (χ1n) is 26.7. The lowest BCUT2D eigenvalue weighted by Gasteiger charge is -2.39. The van der Waals surface area contributed by atoms with Crippen molar-refractivity contribution in [1.82, 2.24) is 45.8 Å². The summed E-state index contributed by atoms with van der Waals surface area (Å²) in [6.07, 6.45) is 14.0. The van der Waals surface area contributed by atoms with Gasteiger partial charge >= 0.3 is 5.97 Å². The number of unbranched alkanes of at least 4 members (excludes halogenated alkanes) is 6. The fourth-order valence-electron chi connectivity index (χ4n) is 9.38. The number of carboxylic acids is 1. The predicted octanol–water partition coefficient (Wildman–Crippen LogP) is 7.69. The number of nitrogens with zero attached hydrogens (tertiary/aromatic N) is 9. The summed E-state index contributed by atoms with van der Waals surface area (Å²) in [6, 6.07) is 17.9. The van der Waals surface area contributed by atoms with Crippen molar-refractivity contribution < 1.29 is 38.6 Å². The van der Waals surface area contributed by atoms with E-state index in [1.54, 1.807) is 66.0 Å². The molecule has 2 aliphatic heterocycles. The number of aliphatic carboxylic acids is 1. The van der Waals surface area contributed by atoms with Gasteiger partial charge in [-0.25, -0.2) is 29.7 Å². The number of ketones is 1. The van der Waals surface area contributed by atoms with Gasteiger partial charge in [0.15, 0.2) is 5.78 Å². The summed E-state index contributed by atoms with van der Waals surface area (Å²) >= 11 is 0. The summed E-state index contributed by atoms with van der Waals surface area (Å²) in [4.78, 5) is 105. The summed E-state index contributed by atoms with van der Waals surface area (Å²) < 4.78 is 5.84. The smallest absolute Gasteiger partial charge is 0.326 e.